The molecule has 23 heavy (non-hydrogen) atoms. The van der Waals surface area contributed by atoms with E-state index in [1.165, 1.54) is 12.8 Å². The summed E-state index contributed by atoms with van der Waals surface area (Å²) in [6.07, 6.45) is 4.61. The van der Waals surface area contributed by atoms with Crippen LogP contribution in [0.4, 0.5) is 0 Å². The molecule has 0 aromatic carbocycles. The summed E-state index contributed by atoms with van der Waals surface area (Å²) in [5, 5.41) is 17.0. The van der Waals surface area contributed by atoms with Gasteiger partial charge < -0.3 is 9.88 Å². The SMILES string of the molecule is CC(C)c1nc2n(n1)CC(NCc1nnc(C3CC3)n1C)CC2. The number of fused-ring (bicyclic) bond motifs is 1. The zero-order chi connectivity index (χ0) is 16.0. The Labute approximate surface area is 136 Å². The van der Waals surface area contributed by atoms with Crippen molar-refractivity contribution in [2.75, 3.05) is 0 Å². The van der Waals surface area contributed by atoms with Gasteiger partial charge in [-0.3, -0.25) is 0 Å². The molecule has 1 N–H and O–H groups in total. The van der Waals surface area contributed by atoms with Crippen molar-refractivity contribution in [1.82, 2.24) is 34.8 Å². The van der Waals surface area contributed by atoms with Gasteiger partial charge in [0.15, 0.2) is 5.82 Å². The van der Waals surface area contributed by atoms with E-state index in [0.717, 1.165) is 49.2 Å². The van der Waals surface area contributed by atoms with E-state index in [1.54, 1.807) is 0 Å². The van der Waals surface area contributed by atoms with Crippen LogP contribution in [0.5, 0.6) is 0 Å². The molecule has 1 aliphatic carbocycles. The van der Waals surface area contributed by atoms with Gasteiger partial charge in [-0.05, 0) is 19.3 Å². The van der Waals surface area contributed by atoms with E-state index in [2.05, 4.69) is 55.7 Å². The summed E-state index contributed by atoms with van der Waals surface area (Å²) in [7, 11) is 2.08. The van der Waals surface area contributed by atoms with Gasteiger partial charge in [0.2, 0.25) is 0 Å². The molecule has 124 valence electrons. The predicted octanol–water partition coefficient (Wildman–Crippen LogP) is 1.51. The molecule has 2 aliphatic rings. The van der Waals surface area contributed by atoms with Crippen LogP contribution in [0.2, 0.25) is 0 Å². The first-order valence-corrected chi connectivity index (χ1v) is 8.67. The van der Waals surface area contributed by atoms with Crippen molar-refractivity contribution in [3.05, 3.63) is 23.3 Å². The molecular weight excluding hydrogens is 290 g/mol. The van der Waals surface area contributed by atoms with E-state index >= 15 is 0 Å². The molecule has 1 atom stereocenters. The Morgan fingerprint density at radius 2 is 2.04 bits per heavy atom. The van der Waals surface area contributed by atoms with Crippen LogP contribution in [0, 0.1) is 0 Å². The van der Waals surface area contributed by atoms with Crippen LogP contribution in [0.25, 0.3) is 0 Å². The smallest absolute Gasteiger partial charge is 0.153 e. The molecule has 4 rings (SSSR count). The van der Waals surface area contributed by atoms with Crippen molar-refractivity contribution in [2.24, 2.45) is 7.05 Å². The first kappa shape index (κ1) is 14.8. The first-order chi connectivity index (χ1) is 11.1. The van der Waals surface area contributed by atoms with E-state index < -0.39 is 0 Å². The topological polar surface area (TPSA) is 73.5 Å². The van der Waals surface area contributed by atoms with Crippen molar-refractivity contribution >= 4 is 0 Å². The van der Waals surface area contributed by atoms with Gasteiger partial charge in [0.1, 0.15) is 17.5 Å². The molecule has 1 fully saturated rings. The average molecular weight is 315 g/mol. The van der Waals surface area contributed by atoms with Gasteiger partial charge in [0.25, 0.3) is 0 Å². The summed E-state index contributed by atoms with van der Waals surface area (Å²) < 4.78 is 4.23. The molecule has 1 saturated carbocycles. The summed E-state index contributed by atoms with van der Waals surface area (Å²) >= 11 is 0. The summed E-state index contributed by atoms with van der Waals surface area (Å²) in [6.45, 7) is 5.94. The molecule has 3 heterocycles. The van der Waals surface area contributed by atoms with E-state index in [-0.39, 0.29) is 0 Å². The van der Waals surface area contributed by atoms with Crippen molar-refractivity contribution < 1.29 is 0 Å². The van der Waals surface area contributed by atoms with Gasteiger partial charge in [0.05, 0.1) is 13.1 Å². The van der Waals surface area contributed by atoms with Gasteiger partial charge in [-0.2, -0.15) is 5.10 Å². The van der Waals surface area contributed by atoms with E-state index in [9.17, 15) is 0 Å². The Bertz CT molecular complexity index is 695. The zero-order valence-corrected chi connectivity index (χ0v) is 14.2. The minimum atomic E-state index is 0.388. The fourth-order valence-corrected chi connectivity index (χ4v) is 3.20. The lowest BCUT2D eigenvalue weighted by Gasteiger charge is -2.23. The van der Waals surface area contributed by atoms with Gasteiger partial charge in [-0.1, -0.05) is 13.8 Å². The molecule has 0 bridgehead atoms. The first-order valence-electron chi connectivity index (χ1n) is 8.67. The molecule has 1 aliphatic heterocycles. The molecular formula is C16H25N7. The molecule has 7 heteroatoms. The van der Waals surface area contributed by atoms with Crippen LogP contribution in [0.3, 0.4) is 0 Å². The third-order valence-electron chi connectivity index (χ3n) is 4.88. The largest absolute Gasteiger partial charge is 0.317 e. The van der Waals surface area contributed by atoms with E-state index in [1.807, 2.05) is 0 Å². The van der Waals surface area contributed by atoms with Crippen LogP contribution in [-0.2, 0) is 26.6 Å². The van der Waals surface area contributed by atoms with Gasteiger partial charge in [0, 0.05) is 31.3 Å². The molecule has 2 aromatic heterocycles. The Morgan fingerprint density at radius 1 is 1.22 bits per heavy atom. The molecule has 0 saturated heterocycles. The summed E-state index contributed by atoms with van der Waals surface area (Å²) in [4.78, 5) is 4.64. The maximum absolute atomic E-state index is 4.64. The van der Waals surface area contributed by atoms with Crippen LogP contribution in [0.15, 0.2) is 0 Å². The third-order valence-corrected chi connectivity index (χ3v) is 4.88. The molecule has 7 nitrogen and oxygen atoms in total. The minimum Gasteiger partial charge on any atom is -0.317 e. The lowest BCUT2D eigenvalue weighted by atomic mass is 10.1. The number of hydrogen-bond acceptors (Lipinski definition) is 5. The van der Waals surface area contributed by atoms with Crippen LogP contribution >= 0.6 is 0 Å². The van der Waals surface area contributed by atoms with Crippen LogP contribution in [-0.4, -0.2) is 35.6 Å². The van der Waals surface area contributed by atoms with Crippen LogP contribution in [0.1, 0.15) is 68.2 Å². The highest BCUT2D eigenvalue weighted by Gasteiger charge is 2.29. The highest BCUT2D eigenvalue weighted by molar-refractivity contribution is 5.08. The van der Waals surface area contributed by atoms with E-state index in [0.29, 0.717) is 17.9 Å². The standard InChI is InChI=1S/C16H25N7/c1-10(2)15-18-13-7-6-12(9-23(13)21-15)17-8-14-19-20-16(22(14)3)11-4-5-11/h10-12,17H,4-9H2,1-3H3. The fourth-order valence-electron chi connectivity index (χ4n) is 3.20. The highest BCUT2D eigenvalue weighted by Crippen LogP contribution is 2.38. The molecule has 2 aromatic rings. The quantitative estimate of drug-likeness (QED) is 0.905. The Kier molecular flexibility index (Phi) is 3.67. The van der Waals surface area contributed by atoms with Crippen molar-refractivity contribution in [3.63, 3.8) is 0 Å². The molecule has 0 amide bonds. The number of nitrogens with zero attached hydrogens (tertiary/aromatic N) is 6. The monoisotopic (exact) mass is 315 g/mol. The number of nitrogens with one attached hydrogen (secondary N) is 1. The van der Waals surface area contributed by atoms with Crippen molar-refractivity contribution in [2.45, 2.75) is 70.5 Å². The second kappa shape index (κ2) is 5.70. The summed E-state index contributed by atoms with van der Waals surface area (Å²) in [5.74, 6) is 5.29. The zero-order valence-electron chi connectivity index (χ0n) is 14.2. The predicted molar refractivity (Wildman–Crippen MR) is 86.0 cm³/mol. The summed E-state index contributed by atoms with van der Waals surface area (Å²) in [5.41, 5.74) is 0. The lowest BCUT2D eigenvalue weighted by Crippen LogP contribution is -2.38. The molecule has 1 unspecified atom stereocenters. The number of aryl methyl sites for hydroxylation is 1. The normalized spacial score (nSPS) is 21.0. The Morgan fingerprint density at radius 3 is 2.78 bits per heavy atom. The fraction of sp³-hybridized carbons (Fsp3) is 0.750. The molecule has 0 spiro atoms. The van der Waals surface area contributed by atoms with Gasteiger partial charge >= 0.3 is 0 Å². The van der Waals surface area contributed by atoms with Crippen molar-refractivity contribution in [1.29, 1.82) is 0 Å². The van der Waals surface area contributed by atoms with Gasteiger partial charge in [-0.15, -0.1) is 10.2 Å². The third kappa shape index (κ3) is 2.89. The molecule has 0 radical (unpaired) electrons. The van der Waals surface area contributed by atoms with E-state index in [4.69, 9.17) is 0 Å². The van der Waals surface area contributed by atoms with Gasteiger partial charge in [-0.25, -0.2) is 9.67 Å². The average Bonchev–Trinajstić information content (AvgIpc) is 3.17. The number of aromatic nitrogens is 6. The van der Waals surface area contributed by atoms with Crippen molar-refractivity contribution in [3.8, 4) is 0 Å². The Balaban J connectivity index is 1.38. The highest BCUT2D eigenvalue weighted by atomic mass is 15.4. The Hall–Kier alpha value is -1.76. The maximum atomic E-state index is 4.64. The second-order valence-corrected chi connectivity index (χ2v) is 7.15. The summed E-state index contributed by atoms with van der Waals surface area (Å²) in [6, 6.07) is 0.422. The number of hydrogen-bond donors (Lipinski definition) is 1. The lowest BCUT2D eigenvalue weighted by molar-refractivity contribution is 0.353. The minimum absolute atomic E-state index is 0.388. The number of rotatable bonds is 5. The maximum Gasteiger partial charge on any atom is 0.153 e. The van der Waals surface area contributed by atoms with Crippen LogP contribution < -0.4 is 5.32 Å². The second-order valence-electron chi connectivity index (χ2n) is 7.15.